The third-order valence-corrected chi connectivity index (χ3v) is 2.87. The Labute approximate surface area is 87.5 Å². The highest BCUT2D eigenvalue weighted by Crippen LogP contribution is 2.17. The molecule has 1 aromatic heterocycles. The molecule has 0 saturated carbocycles. The Bertz CT molecular complexity index is 475. The topological polar surface area (TPSA) is 102 Å². The van der Waals surface area contributed by atoms with Crippen molar-refractivity contribution in [2.75, 3.05) is 6.61 Å². The summed E-state index contributed by atoms with van der Waals surface area (Å²) in [4.78, 5) is 13.8. The van der Waals surface area contributed by atoms with Gasteiger partial charge in [0.25, 0.3) is 10.0 Å². The van der Waals surface area contributed by atoms with Gasteiger partial charge in [-0.05, 0) is 13.8 Å². The maximum atomic E-state index is 11.3. The summed E-state index contributed by atoms with van der Waals surface area (Å²) >= 11 is 0. The van der Waals surface area contributed by atoms with Crippen molar-refractivity contribution in [2.24, 2.45) is 5.14 Å². The zero-order valence-electron chi connectivity index (χ0n) is 8.40. The van der Waals surface area contributed by atoms with Gasteiger partial charge in [0.2, 0.25) is 0 Å². The summed E-state index contributed by atoms with van der Waals surface area (Å²) in [5.74, 6) is -0.568. The normalized spacial score (nSPS) is 11.4. The highest BCUT2D eigenvalue weighted by atomic mass is 32.2. The second-order valence-electron chi connectivity index (χ2n) is 2.92. The molecule has 1 rings (SSSR count). The molecular formula is C8H12N2O4S. The summed E-state index contributed by atoms with van der Waals surface area (Å²) in [7, 11) is -3.82. The lowest BCUT2D eigenvalue weighted by Crippen LogP contribution is -2.14. The molecule has 0 aliphatic heterocycles. The third kappa shape index (κ3) is 2.37. The summed E-state index contributed by atoms with van der Waals surface area (Å²) in [5.41, 5.74) is 0.455. The van der Waals surface area contributed by atoms with Crippen LogP contribution in [0.4, 0.5) is 0 Å². The maximum Gasteiger partial charge on any atom is 0.339 e. The number of H-pyrrole nitrogens is 1. The van der Waals surface area contributed by atoms with E-state index in [0.717, 1.165) is 0 Å². The minimum atomic E-state index is -3.82. The number of carbonyl (C=O) groups excluding carboxylic acids is 1. The van der Waals surface area contributed by atoms with Crippen LogP contribution in [0.2, 0.25) is 0 Å². The molecule has 0 aliphatic carbocycles. The zero-order chi connectivity index (χ0) is 11.6. The van der Waals surface area contributed by atoms with Gasteiger partial charge in [-0.3, -0.25) is 0 Å². The second-order valence-corrected chi connectivity index (χ2v) is 4.42. The summed E-state index contributed by atoms with van der Waals surface area (Å²) in [6.45, 7) is 3.39. The van der Waals surface area contributed by atoms with Crippen LogP contribution < -0.4 is 5.14 Å². The van der Waals surface area contributed by atoms with Gasteiger partial charge in [-0.15, -0.1) is 0 Å². The lowest BCUT2D eigenvalue weighted by molar-refractivity contribution is 0.0525. The molecule has 1 aromatic rings. The van der Waals surface area contributed by atoms with E-state index in [1.807, 2.05) is 0 Å². The third-order valence-electron chi connectivity index (χ3n) is 1.87. The number of nitrogens with one attached hydrogen (secondary N) is 1. The van der Waals surface area contributed by atoms with Gasteiger partial charge in [0.15, 0.2) is 5.03 Å². The van der Waals surface area contributed by atoms with E-state index in [1.54, 1.807) is 6.92 Å². The number of primary sulfonamides is 1. The Morgan fingerprint density at radius 3 is 2.60 bits per heavy atom. The second kappa shape index (κ2) is 4.03. The van der Waals surface area contributed by atoms with Gasteiger partial charge >= 0.3 is 5.97 Å². The molecule has 0 aliphatic rings. The molecule has 0 bridgehead atoms. The fourth-order valence-corrected chi connectivity index (χ4v) is 1.95. The van der Waals surface area contributed by atoms with E-state index in [1.165, 1.54) is 13.1 Å². The Hall–Kier alpha value is -1.34. The molecule has 1 heterocycles. The SMILES string of the molecule is CCOC(=O)c1c[nH]c(S(N)(=O)=O)c1C. The first-order valence-corrected chi connectivity index (χ1v) is 5.80. The Morgan fingerprint density at radius 1 is 1.60 bits per heavy atom. The highest BCUT2D eigenvalue weighted by Gasteiger charge is 2.20. The van der Waals surface area contributed by atoms with Crippen LogP contribution in [0.3, 0.4) is 0 Å². The average Bonchev–Trinajstić information content (AvgIpc) is 2.46. The maximum absolute atomic E-state index is 11.3. The van der Waals surface area contributed by atoms with Gasteiger partial charge in [0.1, 0.15) is 0 Å². The van der Waals surface area contributed by atoms with Crippen molar-refractivity contribution < 1.29 is 17.9 Å². The van der Waals surface area contributed by atoms with E-state index in [-0.39, 0.29) is 22.8 Å². The van der Waals surface area contributed by atoms with E-state index in [2.05, 4.69) is 4.98 Å². The van der Waals surface area contributed by atoms with E-state index >= 15 is 0 Å². The van der Waals surface area contributed by atoms with Crippen molar-refractivity contribution in [1.82, 2.24) is 4.98 Å². The molecule has 0 aromatic carbocycles. The van der Waals surface area contributed by atoms with Crippen molar-refractivity contribution in [3.05, 3.63) is 17.3 Å². The number of esters is 1. The Balaban J connectivity index is 3.16. The molecule has 0 radical (unpaired) electrons. The molecule has 0 spiro atoms. The molecule has 0 fully saturated rings. The van der Waals surface area contributed by atoms with Crippen LogP contribution in [-0.2, 0) is 14.8 Å². The van der Waals surface area contributed by atoms with Crippen molar-refractivity contribution in [1.29, 1.82) is 0 Å². The van der Waals surface area contributed by atoms with Crippen LogP contribution in [0.1, 0.15) is 22.8 Å². The fourth-order valence-electron chi connectivity index (χ4n) is 1.19. The number of carbonyl (C=O) groups is 1. The first-order valence-electron chi connectivity index (χ1n) is 4.25. The molecule has 84 valence electrons. The molecule has 0 unspecified atom stereocenters. The number of aromatic amines is 1. The number of hydrogen-bond donors (Lipinski definition) is 2. The van der Waals surface area contributed by atoms with Crippen LogP contribution in [0, 0.1) is 6.92 Å². The lowest BCUT2D eigenvalue weighted by Gasteiger charge is -2.00. The number of hydrogen-bond acceptors (Lipinski definition) is 4. The van der Waals surface area contributed by atoms with Crippen LogP contribution in [-0.4, -0.2) is 26.0 Å². The number of rotatable bonds is 3. The molecule has 6 nitrogen and oxygen atoms in total. The zero-order valence-corrected chi connectivity index (χ0v) is 9.22. The van der Waals surface area contributed by atoms with Gasteiger partial charge in [-0.2, -0.15) is 0 Å². The molecule has 0 atom stereocenters. The number of ether oxygens (including phenoxy) is 1. The highest BCUT2D eigenvalue weighted by molar-refractivity contribution is 7.89. The van der Waals surface area contributed by atoms with Crippen LogP contribution in [0.15, 0.2) is 11.2 Å². The smallest absolute Gasteiger partial charge is 0.339 e. The van der Waals surface area contributed by atoms with E-state index in [9.17, 15) is 13.2 Å². The monoisotopic (exact) mass is 232 g/mol. The quantitative estimate of drug-likeness (QED) is 0.724. The predicted octanol–water partition coefficient (Wildman–Crippen LogP) is 0.147. The summed E-state index contributed by atoms with van der Waals surface area (Å²) < 4.78 is 26.8. The van der Waals surface area contributed by atoms with Crippen LogP contribution in [0.5, 0.6) is 0 Å². The number of sulfonamides is 1. The molecule has 0 saturated heterocycles. The fraction of sp³-hybridized carbons (Fsp3) is 0.375. The standard InChI is InChI=1S/C8H12N2O4S/c1-3-14-8(11)6-4-10-7(5(6)2)15(9,12)13/h4,10H,3H2,1-2H3,(H2,9,12,13). The summed E-state index contributed by atoms with van der Waals surface area (Å²) in [6, 6.07) is 0. The van der Waals surface area contributed by atoms with Crippen molar-refractivity contribution >= 4 is 16.0 Å². The lowest BCUT2D eigenvalue weighted by atomic mass is 10.2. The van der Waals surface area contributed by atoms with Gasteiger partial charge in [-0.25, -0.2) is 18.4 Å². The minimum Gasteiger partial charge on any atom is -0.462 e. The van der Waals surface area contributed by atoms with Crippen LogP contribution >= 0.6 is 0 Å². The summed E-state index contributed by atoms with van der Waals surface area (Å²) in [5, 5.41) is 4.77. The Morgan fingerprint density at radius 2 is 2.20 bits per heavy atom. The van der Waals surface area contributed by atoms with E-state index < -0.39 is 16.0 Å². The van der Waals surface area contributed by atoms with E-state index in [0.29, 0.717) is 0 Å². The summed E-state index contributed by atoms with van der Waals surface area (Å²) in [6.07, 6.45) is 1.27. The van der Waals surface area contributed by atoms with Gasteiger partial charge < -0.3 is 9.72 Å². The van der Waals surface area contributed by atoms with Gasteiger partial charge in [-0.1, -0.05) is 0 Å². The first-order chi connectivity index (χ1) is 6.88. The minimum absolute atomic E-state index is 0.162. The van der Waals surface area contributed by atoms with Crippen molar-refractivity contribution in [2.45, 2.75) is 18.9 Å². The van der Waals surface area contributed by atoms with Crippen molar-refractivity contribution in [3.63, 3.8) is 0 Å². The van der Waals surface area contributed by atoms with Crippen LogP contribution in [0.25, 0.3) is 0 Å². The average molecular weight is 232 g/mol. The molecule has 0 amide bonds. The van der Waals surface area contributed by atoms with Gasteiger partial charge in [0, 0.05) is 11.8 Å². The van der Waals surface area contributed by atoms with E-state index in [4.69, 9.17) is 9.88 Å². The number of aromatic nitrogens is 1. The molecule has 7 heteroatoms. The first kappa shape index (κ1) is 11.7. The molecular weight excluding hydrogens is 220 g/mol. The largest absolute Gasteiger partial charge is 0.462 e. The Kier molecular flexibility index (Phi) is 3.15. The number of nitrogens with two attached hydrogens (primary N) is 1. The molecule has 15 heavy (non-hydrogen) atoms. The molecule has 3 N–H and O–H groups in total. The van der Waals surface area contributed by atoms with Crippen molar-refractivity contribution in [3.8, 4) is 0 Å². The van der Waals surface area contributed by atoms with Gasteiger partial charge in [0.05, 0.1) is 12.2 Å². The predicted molar refractivity (Wildman–Crippen MR) is 52.9 cm³/mol.